The third-order valence-electron chi connectivity index (χ3n) is 3.16. The Bertz CT molecular complexity index is 433. The van der Waals surface area contributed by atoms with Gasteiger partial charge in [0.05, 0.1) is 12.3 Å². The number of hydrogen-bond acceptors (Lipinski definition) is 4. The molecule has 1 rings (SSSR count). The zero-order valence-electron chi connectivity index (χ0n) is 13.0. The van der Waals surface area contributed by atoms with Gasteiger partial charge in [-0.25, -0.2) is 8.42 Å². The van der Waals surface area contributed by atoms with Crippen molar-refractivity contribution >= 4 is 27.6 Å². The van der Waals surface area contributed by atoms with Gasteiger partial charge in [-0.2, -0.15) is 11.8 Å². The van der Waals surface area contributed by atoms with Crippen LogP contribution in [0.15, 0.2) is 4.99 Å². The van der Waals surface area contributed by atoms with Crippen LogP contribution in [0.1, 0.15) is 27.7 Å². The molecular formula is C13H27N3O2S2. The second-order valence-corrected chi connectivity index (χ2v) is 9.78. The van der Waals surface area contributed by atoms with Crippen molar-refractivity contribution < 1.29 is 8.42 Å². The highest BCUT2D eigenvalue weighted by atomic mass is 32.2. The predicted molar refractivity (Wildman–Crippen MR) is 88.4 cm³/mol. The number of thioether (sulfide) groups is 1. The van der Waals surface area contributed by atoms with Gasteiger partial charge in [0.15, 0.2) is 15.8 Å². The maximum Gasteiger partial charge on any atom is 0.194 e. The van der Waals surface area contributed by atoms with Gasteiger partial charge < -0.3 is 10.2 Å². The van der Waals surface area contributed by atoms with Crippen molar-refractivity contribution in [2.75, 3.05) is 43.4 Å². The fraction of sp³-hybridized carbons (Fsp3) is 0.923. The standard InChI is InChI=1S/C13H27N3O2S2/c1-5-14-12(15-7-10-20(17,18)6-2)16-8-9-19-13(3,4)11-16/h5-11H2,1-4H3,(H,14,15). The molecule has 0 spiro atoms. The molecule has 1 N–H and O–H groups in total. The van der Waals surface area contributed by atoms with E-state index in [0.29, 0.717) is 6.54 Å². The number of sulfone groups is 1. The van der Waals surface area contributed by atoms with Crippen LogP contribution in [0, 0.1) is 0 Å². The van der Waals surface area contributed by atoms with Crippen molar-refractivity contribution in [3.8, 4) is 0 Å². The maximum absolute atomic E-state index is 11.5. The molecule has 0 unspecified atom stereocenters. The summed E-state index contributed by atoms with van der Waals surface area (Å²) < 4.78 is 23.2. The fourth-order valence-corrected chi connectivity index (χ4v) is 3.83. The normalized spacial score (nSPS) is 20.0. The molecule has 0 aromatic carbocycles. The molecule has 7 heteroatoms. The van der Waals surface area contributed by atoms with Crippen molar-refractivity contribution in [2.24, 2.45) is 4.99 Å². The molecule has 0 aliphatic carbocycles. The van der Waals surface area contributed by atoms with Crippen molar-refractivity contribution in [1.82, 2.24) is 10.2 Å². The number of nitrogens with zero attached hydrogens (tertiary/aromatic N) is 2. The second kappa shape index (κ2) is 7.54. The smallest absolute Gasteiger partial charge is 0.194 e. The van der Waals surface area contributed by atoms with Crippen LogP contribution in [0.3, 0.4) is 0 Å². The molecule has 0 bridgehead atoms. The third-order valence-corrected chi connectivity index (χ3v) is 6.15. The first-order chi connectivity index (χ1) is 9.29. The van der Waals surface area contributed by atoms with Gasteiger partial charge in [-0.3, -0.25) is 4.99 Å². The first-order valence-electron chi connectivity index (χ1n) is 7.17. The summed E-state index contributed by atoms with van der Waals surface area (Å²) in [4.78, 5) is 6.71. The fourth-order valence-electron chi connectivity index (χ4n) is 2.06. The Labute approximate surface area is 127 Å². The summed E-state index contributed by atoms with van der Waals surface area (Å²) in [6.07, 6.45) is 0. The number of aliphatic imine (C=N–C) groups is 1. The van der Waals surface area contributed by atoms with Crippen LogP contribution in [0.2, 0.25) is 0 Å². The van der Waals surface area contributed by atoms with Gasteiger partial charge in [0.25, 0.3) is 0 Å². The lowest BCUT2D eigenvalue weighted by Crippen LogP contribution is -2.51. The van der Waals surface area contributed by atoms with E-state index in [1.807, 2.05) is 18.7 Å². The SMILES string of the molecule is CCNC(=NCCS(=O)(=O)CC)N1CCSC(C)(C)C1. The summed E-state index contributed by atoms with van der Waals surface area (Å²) >= 11 is 1.97. The van der Waals surface area contributed by atoms with E-state index in [0.717, 1.165) is 31.3 Å². The monoisotopic (exact) mass is 321 g/mol. The lowest BCUT2D eigenvalue weighted by Gasteiger charge is -2.39. The van der Waals surface area contributed by atoms with E-state index in [2.05, 4.69) is 29.1 Å². The molecule has 1 saturated heterocycles. The van der Waals surface area contributed by atoms with Crippen LogP contribution in [-0.4, -0.2) is 67.5 Å². The molecule has 0 saturated carbocycles. The molecule has 5 nitrogen and oxygen atoms in total. The quantitative estimate of drug-likeness (QED) is 0.609. The number of nitrogens with one attached hydrogen (secondary N) is 1. The Morgan fingerprint density at radius 1 is 1.40 bits per heavy atom. The van der Waals surface area contributed by atoms with E-state index in [1.165, 1.54) is 0 Å². The second-order valence-electron chi connectivity index (χ2n) is 5.50. The lowest BCUT2D eigenvalue weighted by atomic mass is 10.2. The van der Waals surface area contributed by atoms with Gasteiger partial charge in [0.2, 0.25) is 0 Å². The summed E-state index contributed by atoms with van der Waals surface area (Å²) in [6, 6.07) is 0. The molecule has 20 heavy (non-hydrogen) atoms. The number of rotatable bonds is 5. The summed E-state index contributed by atoms with van der Waals surface area (Å²) in [5, 5.41) is 3.27. The number of hydrogen-bond donors (Lipinski definition) is 1. The van der Waals surface area contributed by atoms with Crippen molar-refractivity contribution in [2.45, 2.75) is 32.4 Å². The average molecular weight is 322 g/mol. The highest BCUT2D eigenvalue weighted by Crippen LogP contribution is 2.29. The van der Waals surface area contributed by atoms with Crippen molar-refractivity contribution in [1.29, 1.82) is 0 Å². The van der Waals surface area contributed by atoms with Crippen LogP contribution < -0.4 is 5.32 Å². The van der Waals surface area contributed by atoms with Gasteiger partial charge in [0.1, 0.15) is 0 Å². The maximum atomic E-state index is 11.5. The van der Waals surface area contributed by atoms with Crippen molar-refractivity contribution in [3.05, 3.63) is 0 Å². The van der Waals surface area contributed by atoms with Crippen LogP contribution in [0.4, 0.5) is 0 Å². The van der Waals surface area contributed by atoms with E-state index < -0.39 is 9.84 Å². The molecule has 0 atom stereocenters. The van der Waals surface area contributed by atoms with E-state index in [4.69, 9.17) is 0 Å². The van der Waals surface area contributed by atoms with Gasteiger partial charge >= 0.3 is 0 Å². The Morgan fingerprint density at radius 3 is 2.65 bits per heavy atom. The average Bonchev–Trinajstić information content (AvgIpc) is 2.36. The molecule has 0 aromatic rings. The minimum absolute atomic E-state index is 0.129. The molecule has 1 fully saturated rings. The molecule has 0 radical (unpaired) electrons. The predicted octanol–water partition coefficient (Wildman–Crippen LogP) is 1.21. The highest BCUT2D eigenvalue weighted by Gasteiger charge is 2.28. The largest absolute Gasteiger partial charge is 0.357 e. The van der Waals surface area contributed by atoms with Gasteiger partial charge in [-0.05, 0) is 20.8 Å². The molecular weight excluding hydrogens is 294 g/mol. The zero-order chi connectivity index (χ0) is 15.2. The Morgan fingerprint density at radius 2 is 2.10 bits per heavy atom. The van der Waals surface area contributed by atoms with Crippen LogP contribution in [0.25, 0.3) is 0 Å². The van der Waals surface area contributed by atoms with E-state index >= 15 is 0 Å². The van der Waals surface area contributed by atoms with Crippen LogP contribution in [-0.2, 0) is 9.84 Å². The summed E-state index contributed by atoms with van der Waals surface area (Å²) in [6.45, 7) is 11.2. The zero-order valence-corrected chi connectivity index (χ0v) is 14.6. The van der Waals surface area contributed by atoms with Crippen molar-refractivity contribution in [3.63, 3.8) is 0 Å². The van der Waals surface area contributed by atoms with Gasteiger partial charge in [-0.15, -0.1) is 0 Å². The van der Waals surface area contributed by atoms with Crippen LogP contribution in [0.5, 0.6) is 0 Å². The summed E-state index contributed by atoms with van der Waals surface area (Å²) in [5.41, 5.74) is 0. The first kappa shape index (κ1) is 17.6. The summed E-state index contributed by atoms with van der Waals surface area (Å²) in [7, 11) is -2.94. The van der Waals surface area contributed by atoms with E-state index in [1.54, 1.807) is 6.92 Å². The van der Waals surface area contributed by atoms with Crippen LogP contribution >= 0.6 is 11.8 Å². The Kier molecular flexibility index (Phi) is 6.64. The first-order valence-corrected chi connectivity index (χ1v) is 9.98. The molecule has 1 aliphatic rings. The topological polar surface area (TPSA) is 61.8 Å². The minimum Gasteiger partial charge on any atom is -0.357 e. The Balaban J connectivity index is 2.68. The van der Waals surface area contributed by atoms with Gasteiger partial charge in [0, 0.05) is 35.9 Å². The molecule has 118 valence electrons. The van der Waals surface area contributed by atoms with E-state index in [9.17, 15) is 8.42 Å². The highest BCUT2D eigenvalue weighted by molar-refractivity contribution is 8.00. The number of guanidine groups is 1. The minimum atomic E-state index is -2.94. The third kappa shape index (κ3) is 5.91. The molecule has 1 aliphatic heterocycles. The Hall–Kier alpha value is -0.430. The van der Waals surface area contributed by atoms with Gasteiger partial charge in [-0.1, -0.05) is 6.92 Å². The summed E-state index contributed by atoms with van der Waals surface area (Å²) in [5.74, 6) is 2.23. The molecule has 0 aromatic heterocycles. The van der Waals surface area contributed by atoms with E-state index in [-0.39, 0.29) is 16.3 Å². The molecule has 0 amide bonds. The molecule has 1 heterocycles. The lowest BCUT2D eigenvalue weighted by molar-refractivity contribution is 0.376.